The number of carbonyl (C=O) groups is 1. The van der Waals surface area contributed by atoms with Crippen LogP contribution in [0.5, 0.6) is 0 Å². The summed E-state index contributed by atoms with van der Waals surface area (Å²) in [6.07, 6.45) is 7.41. The Morgan fingerprint density at radius 1 is 1.24 bits per heavy atom. The molecular formula is C18H19N3O3S. The molecule has 25 heavy (non-hydrogen) atoms. The van der Waals surface area contributed by atoms with Gasteiger partial charge in [-0.15, -0.1) is 6.42 Å². The number of terminal acetylenes is 1. The molecule has 0 aliphatic heterocycles. The fourth-order valence-corrected chi connectivity index (χ4v) is 3.08. The molecular weight excluding hydrogens is 338 g/mol. The number of nitrogens with zero attached hydrogens (tertiary/aromatic N) is 2. The van der Waals surface area contributed by atoms with Crippen LogP contribution in [0.3, 0.4) is 0 Å². The van der Waals surface area contributed by atoms with Crippen molar-refractivity contribution >= 4 is 15.9 Å². The van der Waals surface area contributed by atoms with E-state index in [1.54, 1.807) is 18.1 Å². The highest BCUT2D eigenvalue weighted by Crippen LogP contribution is 2.12. The summed E-state index contributed by atoms with van der Waals surface area (Å²) in [6.45, 7) is 0.429. The van der Waals surface area contributed by atoms with Crippen molar-refractivity contribution in [2.45, 2.75) is 11.3 Å². The molecule has 1 heterocycles. The van der Waals surface area contributed by atoms with Crippen LogP contribution in [0.2, 0.25) is 0 Å². The van der Waals surface area contributed by atoms with Crippen LogP contribution in [-0.4, -0.2) is 44.3 Å². The number of hydrogen-bond acceptors (Lipinski definition) is 4. The average molecular weight is 357 g/mol. The van der Waals surface area contributed by atoms with Gasteiger partial charge in [0.15, 0.2) is 0 Å². The van der Waals surface area contributed by atoms with Gasteiger partial charge in [-0.05, 0) is 36.4 Å². The first kappa shape index (κ1) is 18.6. The lowest BCUT2D eigenvalue weighted by Crippen LogP contribution is -2.29. The zero-order chi connectivity index (χ0) is 18.3. The molecule has 1 N–H and O–H groups in total. The van der Waals surface area contributed by atoms with Gasteiger partial charge in [-0.25, -0.2) is 8.42 Å². The number of rotatable bonds is 7. The lowest BCUT2D eigenvalue weighted by atomic mass is 10.2. The lowest BCUT2D eigenvalue weighted by Gasteiger charge is -2.17. The quantitative estimate of drug-likeness (QED) is 0.758. The third-order valence-electron chi connectivity index (χ3n) is 3.55. The molecule has 6 nitrogen and oxygen atoms in total. The minimum absolute atomic E-state index is 0.0652. The number of aromatic nitrogens is 1. The smallest absolute Gasteiger partial charge is 0.253 e. The van der Waals surface area contributed by atoms with Crippen LogP contribution in [0.1, 0.15) is 16.1 Å². The van der Waals surface area contributed by atoms with E-state index in [1.807, 2.05) is 18.2 Å². The molecule has 0 unspecified atom stereocenters. The summed E-state index contributed by atoms with van der Waals surface area (Å²) in [7, 11) is -1.96. The van der Waals surface area contributed by atoms with Gasteiger partial charge < -0.3 is 4.90 Å². The minimum Gasteiger partial charge on any atom is -0.341 e. The van der Waals surface area contributed by atoms with E-state index in [0.29, 0.717) is 18.5 Å². The van der Waals surface area contributed by atoms with Crippen LogP contribution in [0.4, 0.5) is 0 Å². The molecule has 1 aromatic heterocycles. The SMILES string of the molecule is C#CCNS(=O)(=O)c1ccc(C(=O)N(C)CCc2ccccn2)cc1. The summed E-state index contributed by atoms with van der Waals surface area (Å²) in [4.78, 5) is 18.3. The van der Waals surface area contributed by atoms with Crippen LogP contribution in [0, 0.1) is 12.3 Å². The largest absolute Gasteiger partial charge is 0.341 e. The van der Waals surface area contributed by atoms with E-state index in [0.717, 1.165) is 5.69 Å². The van der Waals surface area contributed by atoms with E-state index in [1.165, 1.54) is 24.3 Å². The van der Waals surface area contributed by atoms with E-state index in [9.17, 15) is 13.2 Å². The number of amides is 1. The number of carbonyl (C=O) groups excluding carboxylic acids is 1. The Labute approximate surface area is 147 Å². The fourth-order valence-electron chi connectivity index (χ4n) is 2.15. The molecule has 1 aromatic carbocycles. The van der Waals surface area contributed by atoms with Crippen LogP contribution >= 0.6 is 0 Å². The molecule has 0 aliphatic rings. The summed E-state index contributed by atoms with van der Waals surface area (Å²) in [5.41, 5.74) is 1.32. The van der Waals surface area contributed by atoms with E-state index in [-0.39, 0.29) is 17.3 Å². The Kier molecular flexibility index (Phi) is 6.28. The van der Waals surface area contributed by atoms with Gasteiger partial charge in [0.1, 0.15) is 0 Å². The second kappa shape index (κ2) is 8.42. The predicted molar refractivity (Wildman–Crippen MR) is 95.4 cm³/mol. The third kappa shape index (κ3) is 5.14. The van der Waals surface area contributed by atoms with E-state index in [2.05, 4.69) is 15.6 Å². The Bertz CT molecular complexity index is 857. The molecule has 1 amide bonds. The summed E-state index contributed by atoms with van der Waals surface area (Å²) < 4.78 is 26.2. The molecule has 0 saturated heterocycles. The number of nitrogens with one attached hydrogen (secondary N) is 1. The standard InChI is InChI=1S/C18H19N3O3S/c1-3-12-20-25(23,24)17-9-7-15(8-10-17)18(22)21(2)14-11-16-6-4-5-13-19-16/h1,4-10,13,20H,11-12,14H2,2H3. The lowest BCUT2D eigenvalue weighted by molar-refractivity contribution is 0.0796. The van der Waals surface area contributed by atoms with E-state index in [4.69, 9.17) is 6.42 Å². The van der Waals surface area contributed by atoms with Crippen LogP contribution < -0.4 is 4.72 Å². The number of likely N-dealkylation sites (N-methyl/N-ethyl adjacent to an activating group) is 1. The first-order valence-corrected chi connectivity index (χ1v) is 9.11. The highest BCUT2D eigenvalue weighted by molar-refractivity contribution is 7.89. The van der Waals surface area contributed by atoms with Crippen molar-refractivity contribution in [2.24, 2.45) is 0 Å². The molecule has 0 spiro atoms. The highest BCUT2D eigenvalue weighted by Gasteiger charge is 2.16. The normalized spacial score (nSPS) is 10.9. The van der Waals surface area contributed by atoms with Gasteiger partial charge in [0.05, 0.1) is 11.4 Å². The second-order valence-electron chi connectivity index (χ2n) is 5.35. The van der Waals surface area contributed by atoms with Crippen LogP contribution in [-0.2, 0) is 16.4 Å². The third-order valence-corrected chi connectivity index (χ3v) is 4.97. The molecule has 0 saturated carbocycles. The maximum Gasteiger partial charge on any atom is 0.253 e. The highest BCUT2D eigenvalue weighted by atomic mass is 32.2. The molecule has 130 valence electrons. The van der Waals surface area contributed by atoms with Crippen LogP contribution in [0.15, 0.2) is 53.6 Å². The van der Waals surface area contributed by atoms with Crippen molar-refractivity contribution in [3.8, 4) is 12.3 Å². The molecule has 0 radical (unpaired) electrons. The molecule has 0 atom stereocenters. The fraction of sp³-hybridized carbons (Fsp3) is 0.222. The second-order valence-corrected chi connectivity index (χ2v) is 7.12. The van der Waals surface area contributed by atoms with Gasteiger partial charge in [0.25, 0.3) is 5.91 Å². The van der Waals surface area contributed by atoms with E-state index < -0.39 is 10.0 Å². The van der Waals surface area contributed by atoms with Gasteiger partial charge in [-0.2, -0.15) is 4.72 Å². The van der Waals surface area contributed by atoms with Crippen molar-refractivity contribution < 1.29 is 13.2 Å². The zero-order valence-corrected chi connectivity index (χ0v) is 14.7. The molecule has 2 rings (SSSR count). The van der Waals surface area contributed by atoms with E-state index >= 15 is 0 Å². The van der Waals surface area contributed by atoms with Crippen molar-refractivity contribution in [1.29, 1.82) is 0 Å². The average Bonchev–Trinajstić information content (AvgIpc) is 2.65. The first-order valence-electron chi connectivity index (χ1n) is 7.62. The molecule has 2 aromatic rings. The topological polar surface area (TPSA) is 79.4 Å². The number of benzene rings is 1. The van der Waals surface area contributed by atoms with Crippen LogP contribution in [0.25, 0.3) is 0 Å². The monoisotopic (exact) mass is 357 g/mol. The summed E-state index contributed by atoms with van der Waals surface area (Å²) in [6, 6.07) is 11.4. The Balaban J connectivity index is 2.01. The maximum atomic E-state index is 12.4. The van der Waals surface area contributed by atoms with Crippen molar-refractivity contribution in [2.75, 3.05) is 20.1 Å². The van der Waals surface area contributed by atoms with Crippen molar-refractivity contribution in [3.63, 3.8) is 0 Å². The number of sulfonamides is 1. The maximum absolute atomic E-state index is 12.4. The Hall–Kier alpha value is -2.69. The molecule has 7 heteroatoms. The molecule has 0 bridgehead atoms. The summed E-state index contributed by atoms with van der Waals surface area (Å²) in [5.74, 6) is 2.03. The van der Waals surface area contributed by atoms with Gasteiger partial charge in [0, 0.05) is 37.5 Å². The van der Waals surface area contributed by atoms with Gasteiger partial charge in [-0.1, -0.05) is 12.0 Å². The molecule has 0 fully saturated rings. The predicted octanol–water partition coefficient (Wildman–Crippen LogP) is 1.31. The van der Waals surface area contributed by atoms with Crippen molar-refractivity contribution in [1.82, 2.24) is 14.6 Å². The minimum atomic E-state index is -3.66. The van der Waals surface area contributed by atoms with Gasteiger partial charge in [-0.3, -0.25) is 9.78 Å². The number of pyridine rings is 1. The van der Waals surface area contributed by atoms with Gasteiger partial charge in [0.2, 0.25) is 10.0 Å². The van der Waals surface area contributed by atoms with Crippen molar-refractivity contribution in [3.05, 3.63) is 59.9 Å². The number of hydrogen-bond donors (Lipinski definition) is 1. The Morgan fingerprint density at radius 3 is 2.56 bits per heavy atom. The summed E-state index contributed by atoms with van der Waals surface area (Å²) in [5, 5.41) is 0. The zero-order valence-electron chi connectivity index (χ0n) is 13.8. The first-order chi connectivity index (χ1) is 11.9. The molecule has 0 aliphatic carbocycles. The summed E-state index contributed by atoms with van der Waals surface area (Å²) >= 11 is 0. The Morgan fingerprint density at radius 2 is 1.96 bits per heavy atom. The van der Waals surface area contributed by atoms with Gasteiger partial charge >= 0.3 is 0 Å².